The van der Waals surface area contributed by atoms with E-state index in [0.717, 1.165) is 44.8 Å². The minimum absolute atomic E-state index is 0.186. The second-order valence-electron chi connectivity index (χ2n) is 8.41. The molecule has 2 saturated heterocycles. The number of nitrogens with one attached hydrogen (secondary N) is 1. The molecule has 1 atom stereocenters. The van der Waals surface area contributed by atoms with Crippen LogP contribution in [0.2, 0.25) is 0 Å². The van der Waals surface area contributed by atoms with E-state index in [9.17, 15) is 18.0 Å². The molecule has 168 valence electrons. The monoisotopic (exact) mass is 426 g/mol. The van der Waals surface area contributed by atoms with Crippen molar-refractivity contribution in [2.24, 2.45) is 5.41 Å². The molecule has 8 heteroatoms. The smallest absolute Gasteiger partial charge is 0.355 e. The van der Waals surface area contributed by atoms with Crippen molar-refractivity contribution in [3.63, 3.8) is 0 Å². The van der Waals surface area contributed by atoms with E-state index in [1.54, 1.807) is 4.90 Å². The fourth-order valence-corrected chi connectivity index (χ4v) is 4.41. The van der Waals surface area contributed by atoms with Gasteiger partial charge in [-0.15, -0.1) is 0 Å². The number of rotatable bonds is 8. The summed E-state index contributed by atoms with van der Waals surface area (Å²) < 4.78 is 41.8. The molecule has 2 aliphatic heterocycles. The lowest BCUT2D eigenvalue weighted by atomic mass is 9.85. The first-order chi connectivity index (χ1) is 14.3. The first kappa shape index (κ1) is 23.0. The number of carbonyl (C=O) groups is 1. The number of likely N-dealkylation sites (tertiary alicyclic amines) is 1. The van der Waals surface area contributed by atoms with E-state index in [2.05, 4.69) is 22.0 Å². The van der Waals surface area contributed by atoms with Gasteiger partial charge in [-0.25, -0.2) is 0 Å². The summed E-state index contributed by atoms with van der Waals surface area (Å²) in [6.07, 6.45) is -4.08. The lowest BCUT2D eigenvalue weighted by molar-refractivity contribution is -0.218. The van der Waals surface area contributed by atoms with Gasteiger partial charge in [0.15, 0.2) is 5.41 Å². The Morgan fingerprint density at radius 3 is 2.33 bits per heavy atom. The second kappa shape index (κ2) is 10.1. The fourth-order valence-electron chi connectivity index (χ4n) is 4.41. The van der Waals surface area contributed by atoms with Gasteiger partial charge >= 0.3 is 6.18 Å². The van der Waals surface area contributed by atoms with E-state index >= 15 is 0 Å². The molecule has 5 nitrogen and oxygen atoms in total. The largest absolute Gasteiger partial charge is 0.404 e. The Morgan fingerprint density at radius 1 is 1.03 bits per heavy atom. The van der Waals surface area contributed by atoms with Crippen molar-refractivity contribution in [2.75, 3.05) is 58.9 Å². The third kappa shape index (κ3) is 5.53. The topological polar surface area (TPSA) is 38.8 Å². The molecule has 0 aliphatic carbocycles. The summed E-state index contributed by atoms with van der Waals surface area (Å²) in [6.45, 7) is 8.69. The number of benzene rings is 1. The summed E-state index contributed by atoms with van der Waals surface area (Å²) in [5.74, 6) is -0.874. The maximum Gasteiger partial charge on any atom is 0.404 e. The summed E-state index contributed by atoms with van der Waals surface area (Å²) in [5.41, 5.74) is -1.35. The van der Waals surface area contributed by atoms with Gasteiger partial charge in [0, 0.05) is 45.8 Å². The third-order valence-electron chi connectivity index (χ3n) is 6.42. The molecule has 2 fully saturated rings. The van der Waals surface area contributed by atoms with Crippen LogP contribution in [-0.4, -0.2) is 85.7 Å². The molecule has 3 rings (SSSR count). The van der Waals surface area contributed by atoms with Gasteiger partial charge in [0.2, 0.25) is 5.91 Å². The molecule has 1 aromatic carbocycles. The molecule has 1 amide bonds. The van der Waals surface area contributed by atoms with Crippen LogP contribution in [0.1, 0.15) is 25.3 Å². The molecule has 1 N–H and O–H groups in total. The van der Waals surface area contributed by atoms with E-state index in [1.165, 1.54) is 0 Å². The van der Waals surface area contributed by atoms with Crippen molar-refractivity contribution in [3.8, 4) is 0 Å². The highest BCUT2D eigenvalue weighted by atomic mass is 19.4. The van der Waals surface area contributed by atoms with Crippen LogP contribution in [-0.2, 0) is 11.3 Å². The summed E-state index contributed by atoms with van der Waals surface area (Å²) in [5, 5.41) is 2.59. The molecule has 1 unspecified atom stereocenters. The number of halogens is 3. The zero-order chi connectivity index (χ0) is 21.6. The van der Waals surface area contributed by atoms with Crippen LogP contribution in [0.5, 0.6) is 0 Å². The summed E-state index contributed by atoms with van der Waals surface area (Å²) >= 11 is 0. The Morgan fingerprint density at radius 2 is 1.70 bits per heavy atom. The standard InChI is InChI=1S/C22H33F3N4O/c1-2-27-13-15-28(16-14-27)11-6-10-26-20(30)21(22(23,24)25)9-12-29(18-21)17-19-7-4-3-5-8-19/h3-5,7-8H,2,6,9-18H2,1H3,(H,26,30). The Kier molecular flexibility index (Phi) is 7.76. The first-order valence-corrected chi connectivity index (χ1v) is 10.9. The Hall–Kier alpha value is -1.64. The van der Waals surface area contributed by atoms with E-state index in [4.69, 9.17) is 0 Å². The third-order valence-corrected chi connectivity index (χ3v) is 6.42. The molecule has 0 bridgehead atoms. The van der Waals surface area contributed by atoms with E-state index in [0.29, 0.717) is 13.0 Å². The Labute approximate surface area is 177 Å². The number of amides is 1. The van der Waals surface area contributed by atoms with Crippen LogP contribution in [0.3, 0.4) is 0 Å². The highest BCUT2D eigenvalue weighted by molar-refractivity contribution is 5.84. The van der Waals surface area contributed by atoms with E-state index in [1.807, 2.05) is 30.3 Å². The van der Waals surface area contributed by atoms with Gasteiger partial charge in [0.1, 0.15) is 0 Å². The average molecular weight is 427 g/mol. The van der Waals surface area contributed by atoms with Crippen LogP contribution in [0.4, 0.5) is 13.2 Å². The van der Waals surface area contributed by atoms with Gasteiger partial charge in [-0.1, -0.05) is 37.3 Å². The molecule has 2 aliphatic rings. The van der Waals surface area contributed by atoms with Crippen LogP contribution in [0.25, 0.3) is 0 Å². The summed E-state index contributed by atoms with van der Waals surface area (Å²) in [6, 6.07) is 9.42. The number of hydrogen-bond acceptors (Lipinski definition) is 4. The summed E-state index contributed by atoms with van der Waals surface area (Å²) in [7, 11) is 0. The predicted octanol–water partition coefficient (Wildman–Crippen LogP) is 2.58. The minimum Gasteiger partial charge on any atom is -0.355 e. The molecule has 0 radical (unpaired) electrons. The van der Waals surface area contributed by atoms with Crippen molar-refractivity contribution in [3.05, 3.63) is 35.9 Å². The van der Waals surface area contributed by atoms with Crippen LogP contribution < -0.4 is 5.32 Å². The van der Waals surface area contributed by atoms with Crippen LogP contribution in [0, 0.1) is 5.41 Å². The van der Waals surface area contributed by atoms with Crippen molar-refractivity contribution in [1.82, 2.24) is 20.0 Å². The quantitative estimate of drug-likeness (QED) is 0.649. The van der Waals surface area contributed by atoms with Crippen molar-refractivity contribution < 1.29 is 18.0 Å². The van der Waals surface area contributed by atoms with Gasteiger partial charge in [0.05, 0.1) is 0 Å². The lowest BCUT2D eigenvalue weighted by Crippen LogP contribution is -2.53. The summed E-state index contributed by atoms with van der Waals surface area (Å²) in [4.78, 5) is 19.1. The van der Waals surface area contributed by atoms with Gasteiger partial charge in [-0.3, -0.25) is 9.69 Å². The lowest BCUT2D eigenvalue weighted by Gasteiger charge is -2.34. The second-order valence-corrected chi connectivity index (χ2v) is 8.41. The van der Waals surface area contributed by atoms with E-state index in [-0.39, 0.29) is 26.1 Å². The molecule has 0 aromatic heterocycles. The zero-order valence-corrected chi connectivity index (χ0v) is 17.8. The molecule has 0 saturated carbocycles. The highest BCUT2D eigenvalue weighted by Gasteiger charge is 2.62. The van der Waals surface area contributed by atoms with Gasteiger partial charge < -0.3 is 15.1 Å². The van der Waals surface area contributed by atoms with Crippen molar-refractivity contribution in [1.29, 1.82) is 0 Å². The maximum atomic E-state index is 13.9. The Balaban J connectivity index is 1.49. The molecule has 30 heavy (non-hydrogen) atoms. The molecule has 1 aromatic rings. The fraction of sp³-hybridized carbons (Fsp3) is 0.682. The number of piperazine rings is 1. The van der Waals surface area contributed by atoms with Crippen LogP contribution in [0.15, 0.2) is 30.3 Å². The number of nitrogens with zero attached hydrogens (tertiary/aromatic N) is 3. The van der Waals surface area contributed by atoms with Gasteiger partial charge in [-0.05, 0) is 38.0 Å². The zero-order valence-electron chi connectivity index (χ0n) is 17.8. The number of likely N-dealkylation sites (N-methyl/N-ethyl adjacent to an activating group) is 1. The predicted molar refractivity (Wildman–Crippen MR) is 111 cm³/mol. The maximum absolute atomic E-state index is 13.9. The average Bonchev–Trinajstić information content (AvgIpc) is 3.17. The first-order valence-electron chi connectivity index (χ1n) is 10.9. The van der Waals surface area contributed by atoms with E-state index < -0.39 is 17.5 Å². The molecule has 2 heterocycles. The van der Waals surface area contributed by atoms with Crippen molar-refractivity contribution >= 4 is 5.91 Å². The number of hydrogen-bond donors (Lipinski definition) is 1. The molecular weight excluding hydrogens is 393 g/mol. The minimum atomic E-state index is -4.56. The molecule has 0 spiro atoms. The molecular formula is C22H33F3N4O. The van der Waals surface area contributed by atoms with Crippen molar-refractivity contribution in [2.45, 2.75) is 32.5 Å². The highest BCUT2D eigenvalue weighted by Crippen LogP contribution is 2.46. The SMILES string of the molecule is CCN1CCN(CCCNC(=O)C2(C(F)(F)F)CCN(Cc3ccccc3)C2)CC1. The normalized spacial score (nSPS) is 24.3. The van der Waals surface area contributed by atoms with Crippen LogP contribution >= 0.6 is 0 Å². The Bertz CT molecular complexity index is 677. The van der Waals surface area contributed by atoms with Gasteiger partial charge in [0.25, 0.3) is 0 Å². The van der Waals surface area contributed by atoms with Gasteiger partial charge in [-0.2, -0.15) is 13.2 Å². The number of alkyl halides is 3. The number of carbonyl (C=O) groups excluding carboxylic acids is 1.